The van der Waals surface area contributed by atoms with Gasteiger partial charge in [0.25, 0.3) is 0 Å². The highest BCUT2D eigenvalue weighted by Gasteiger charge is 2.14. The Balaban J connectivity index is 2.29. The molecule has 1 aliphatic rings. The number of rotatable bonds is 1. The molecular weight excluding hydrogens is 188 g/mol. The molecule has 1 aliphatic carbocycles. The van der Waals surface area contributed by atoms with E-state index in [1.54, 1.807) is 12.1 Å². The Morgan fingerprint density at radius 3 is 2.60 bits per heavy atom. The van der Waals surface area contributed by atoms with E-state index in [1.165, 1.54) is 0 Å². The van der Waals surface area contributed by atoms with Gasteiger partial charge in [-0.3, -0.25) is 4.79 Å². The van der Waals surface area contributed by atoms with Crippen LogP contribution in [-0.4, -0.2) is 10.9 Å². The van der Waals surface area contributed by atoms with Crippen molar-refractivity contribution in [1.82, 2.24) is 0 Å². The average Bonchev–Trinajstić information content (AvgIpc) is 2.24. The number of para-hydroxylation sites is 1. The monoisotopic (exact) mass is 202 g/mol. The quantitative estimate of drug-likeness (QED) is 0.711. The van der Waals surface area contributed by atoms with E-state index in [2.05, 4.69) is 0 Å². The first-order valence-electron chi connectivity index (χ1n) is 5.29. The molecule has 0 saturated heterocycles. The Morgan fingerprint density at radius 1 is 1.13 bits per heavy atom. The molecule has 0 aromatic heterocycles. The highest BCUT2D eigenvalue weighted by molar-refractivity contribution is 6.00. The van der Waals surface area contributed by atoms with E-state index in [-0.39, 0.29) is 11.5 Å². The molecule has 1 saturated carbocycles. The van der Waals surface area contributed by atoms with Crippen LogP contribution in [0.1, 0.15) is 31.2 Å². The molecule has 2 nitrogen and oxygen atoms in total. The number of phenolic OH excluding ortho intramolecular Hbond substituents is 1. The van der Waals surface area contributed by atoms with Gasteiger partial charge in [-0.1, -0.05) is 18.2 Å². The first-order chi connectivity index (χ1) is 7.27. The summed E-state index contributed by atoms with van der Waals surface area (Å²) >= 11 is 0. The molecule has 0 bridgehead atoms. The maximum atomic E-state index is 11.6. The molecule has 0 radical (unpaired) electrons. The van der Waals surface area contributed by atoms with Gasteiger partial charge in [0.15, 0.2) is 5.78 Å². The number of hydrogen-bond acceptors (Lipinski definition) is 2. The number of aromatic hydroxyl groups is 1. The molecule has 0 heterocycles. The van der Waals surface area contributed by atoms with Crippen molar-refractivity contribution in [3.63, 3.8) is 0 Å². The van der Waals surface area contributed by atoms with Crippen LogP contribution >= 0.6 is 0 Å². The van der Waals surface area contributed by atoms with Gasteiger partial charge in [-0.15, -0.1) is 0 Å². The van der Waals surface area contributed by atoms with Gasteiger partial charge in [-0.05, 0) is 37.0 Å². The fourth-order valence-corrected chi connectivity index (χ4v) is 1.85. The lowest BCUT2D eigenvalue weighted by Crippen LogP contribution is -2.07. The highest BCUT2D eigenvalue weighted by atomic mass is 16.3. The number of allylic oxidation sites excluding steroid dienone is 1. The van der Waals surface area contributed by atoms with Crippen molar-refractivity contribution in [2.45, 2.75) is 25.7 Å². The topological polar surface area (TPSA) is 37.3 Å². The van der Waals surface area contributed by atoms with Gasteiger partial charge in [-0.25, -0.2) is 0 Å². The third-order valence-electron chi connectivity index (χ3n) is 2.72. The minimum atomic E-state index is 0.226. The Bertz CT molecular complexity index is 405. The minimum Gasteiger partial charge on any atom is -0.507 e. The zero-order valence-corrected chi connectivity index (χ0v) is 8.57. The van der Waals surface area contributed by atoms with Crippen molar-refractivity contribution in [2.75, 3.05) is 0 Å². The van der Waals surface area contributed by atoms with Crippen molar-refractivity contribution >= 4 is 11.9 Å². The lowest BCUT2D eigenvalue weighted by atomic mass is 9.92. The summed E-state index contributed by atoms with van der Waals surface area (Å²) in [5.41, 5.74) is 1.59. The van der Waals surface area contributed by atoms with Gasteiger partial charge >= 0.3 is 0 Å². The van der Waals surface area contributed by atoms with Gasteiger partial charge in [0, 0.05) is 12.0 Å². The molecule has 0 aliphatic heterocycles. The van der Waals surface area contributed by atoms with Crippen LogP contribution in [0.4, 0.5) is 0 Å². The molecule has 2 heteroatoms. The van der Waals surface area contributed by atoms with E-state index in [9.17, 15) is 9.90 Å². The molecule has 1 N–H and O–H groups in total. The molecule has 1 aromatic carbocycles. The van der Waals surface area contributed by atoms with Crippen molar-refractivity contribution in [2.24, 2.45) is 0 Å². The first kappa shape index (κ1) is 9.97. The lowest BCUT2D eigenvalue weighted by Gasteiger charge is -2.12. The summed E-state index contributed by atoms with van der Waals surface area (Å²) in [6.07, 6.45) is 5.38. The number of benzene rings is 1. The summed E-state index contributed by atoms with van der Waals surface area (Å²) < 4.78 is 0. The van der Waals surface area contributed by atoms with Crippen LogP contribution in [0.25, 0.3) is 6.08 Å². The molecule has 78 valence electrons. The second-order valence-corrected chi connectivity index (χ2v) is 3.86. The fraction of sp³-hybridized carbons (Fsp3) is 0.308. The zero-order valence-electron chi connectivity index (χ0n) is 8.57. The van der Waals surface area contributed by atoms with Crippen molar-refractivity contribution in [3.05, 3.63) is 35.4 Å². The lowest BCUT2D eigenvalue weighted by molar-refractivity contribution is -0.116. The summed E-state index contributed by atoms with van der Waals surface area (Å²) in [5, 5.41) is 9.57. The molecule has 1 aromatic rings. The molecule has 15 heavy (non-hydrogen) atoms. The smallest absolute Gasteiger partial charge is 0.158 e. The van der Waals surface area contributed by atoms with E-state index >= 15 is 0 Å². The summed E-state index contributed by atoms with van der Waals surface area (Å²) in [4.78, 5) is 11.6. The molecular formula is C13H14O2. The van der Waals surface area contributed by atoms with Crippen LogP contribution in [-0.2, 0) is 4.79 Å². The summed E-state index contributed by atoms with van der Waals surface area (Å²) in [7, 11) is 0. The number of phenols is 1. The van der Waals surface area contributed by atoms with Gasteiger partial charge in [-0.2, -0.15) is 0 Å². The number of hydrogen-bond donors (Lipinski definition) is 1. The standard InChI is InChI=1S/C13H14O2/c14-12-7-3-1-5-10(12)9-11-6-2-4-8-13(11)15/h1,3,5,7,9,14H,2,4,6,8H2. The molecule has 0 amide bonds. The normalized spacial score (nSPS) is 19.5. The van der Waals surface area contributed by atoms with Gasteiger partial charge in [0.2, 0.25) is 0 Å². The summed E-state index contributed by atoms with van der Waals surface area (Å²) in [6, 6.07) is 7.10. The SMILES string of the molecule is O=C1CCCCC1=Cc1ccccc1O. The van der Waals surface area contributed by atoms with Crippen LogP contribution in [0.5, 0.6) is 5.75 Å². The Labute approximate surface area is 89.2 Å². The summed E-state index contributed by atoms with van der Waals surface area (Å²) in [6.45, 7) is 0. The third-order valence-corrected chi connectivity index (χ3v) is 2.72. The Morgan fingerprint density at radius 2 is 1.87 bits per heavy atom. The second-order valence-electron chi connectivity index (χ2n) is 3.86. The van der Waals surface area contributed by atoms with Crippen LogP contribution < -0.4 is 0 Å². The molecule has 0 spiro atoms. The van der Waals surface area contributed by atoms with E-state index in [4.69, 9.17) is 0 Å². The molecule has 1 fully saturated rings. The molecule has 0 atom stereocenters. The van der Waals surface area contributed by atoms with E-state index in [0.717, 1.165) is 30.4 Å². The minimum absolute atomic E-state index is 0.226. The maximum absolute atomic E-state index is 11.6. The molecule has 2 rings (SSSR count). The average molecular weight is 202 g/mol. The number of Topliss-reactive ketones (excluding diaryl/α,β-unsaturated/α-hetero) is 1. The Hall–Kier alpha value is -1.57. The highest BCUT2D eigenvalue weighted by Crippen LogP contribution is 2.25. The first-order valence-corrected chi connectivity index (χ1v) is 5.29. The maximum Gasteiger partial charge on any atom is 0.158 e. The number of ketones is 1. The summed E-state index contributed by atoms with van der Waals surface area (Å²) in [5.74, 6) is 0.466. The predicted octanol–water partition coefficient (Wildman–Crippen LogP) is 2.92. The van der Waals surface area contributed by atoms with Crippen molar-refractivity contribution < 1.29 is 9.90 Å². The largest absolute Gasteiger partial charge is 0.507 e. The van der Waals surface area contributed by atoms with Crippen molar-refractivity contribution in [3.8, 4) is 5.75 Å². The second kappa shape index (κ2) is 4.30. The van der Waals surface area contributed by atoms with Crippen LogP contribution in [0.3, 0.4) is 0 Å². The molecule has 0 unspecified atom stereocenters. The van der Waals surface area contributed by atoms with Gasteiger partial charge in [0.05, 0.1) is 0 Å². The van der Waals surface area contributed by atoms with E-state index < -0.39 is 0 Å². The number of carbonyl (C=O) groups excluding carboxylic acids is 1. The zero-order chi connectivity index (χ0) is 10.7. The third kappa shape index (κ3) is 2.27. The predicted molar refractivity (Wildman–Crippen MR) is 59.6 cm³/mol. The van der Waals surface area contributed by atoms with Crippen molar-refractivity contribution in [1.29, 1.82) is 0 Å². The van der Waals surface area contributed by atoms with Crippen LogP contribution in [0.2, 0.25) is 0 Å². The van der Waals surface area contributed by atoms with Crippen LogP contribution in [0.15, 0.2) is 29.8 Å². The van der Waals surface area contributed by atoms with E-state index in [0.29, 0.717) is 6.42 Å². The Kier molecular flexibility index (Phi) is 2.86. The van der Waals surface area contributed by atoms with Crippen LogP contribution in [0, 0.1) is 0 Å². The number of carbonyl (C=O) groups is 1. The van der Waals surface area contributed by atoms with Gasteiger partial charge in [0.1, 0.15) is 5.75 Å². The fourth-order valence-electron chi connectivity index (χ4n) is 1.85. The van der Waals surface area contributed by atoms with Gasteiger partial charge < -0.3 is 5.11 Å². The van der Waals surface area contributed by atoms with E-state index in [1.807, 2.05) is 18.2 Å².